The van der Waals surface area contributed by atoms with Gasteiger partial charge < -0.3 is 14.5 Å². The molecule has 0 aliphatic heterocycles. The maximum Gasteiger partial charge on any atom is 0.335 e. The lowest BCUT2D eigenvalue weighted by Crippen LogP contribution is -2.49. The van der Waals surface area contributed by atoms with Gasteiger partial charge in [-0.1, -0.05) is 0 Å². The van der Waals surface area contributed by atoms with E-state index in [1.807, 2.05) is 0 Å². The number of nitro groups is 1. The van der Waals surface area contributed by atoms with Crippen LogP contribution in [0.4, 0.5) is 14.5 Å². The first kappa shape index (κ1) is 20.8. The summed E-state index contributed by atoms with van der Waals surface area (Å²) in [4.78, 5) is 10.4. The molecule has 0 atom stereocenters. The average molecular weight is 378 g/mol. The highest BCUT2D eigenvalue weighted by molar-refractivity contribution is 6.48. The van der Waals surface area contributed by atoms with Crippen molar-refractivity contribution in [2.45, 2.75) is 38.9 Å². The molecule has 0 amide bonds. The van der Waals surface area contributed by atoms with Crippen molar-refractivity contribution in [3.05, 3.63) is 58.1 Å². The molecule has 0 bridgehead atoms. The quantitative estimate of drug-likeness (QED) is 0.453. The van der Waals surface area contributed by atoms with E-state index in [4.69, 9.17) is 9.39 Å². The molecule has 143 valence electrons. The molecule has 9 heteroatoms. The van der Waals surface area contributed by atoms with Gasteiger partial charge in [-0.2, -0.15) is 0 Å². The van der Waals surface area contributed by atoms with Gasteiger partial charge in [0.2, 0.25) is 0 Å². The van der Waals surface area contributed by atoms with Crippen molar-refractivity contribution in [1.29, 1.82) is 0 Å². The lowest BCUT2D eigenvalue weighted by Gasteiger charge is -2.37. The summed E-state index contributed by atoms with van der Waals surface area (Å²) in [6, 6.07) is 6.47. The number of benzene rings is 2. The highest BCUT2D eigenvalue weighted by Gasteiger charge is 2.36. The van der Waals surface area contributed by atoms with Crippen molar-refractivity contribution in [1.82, 2.24) is 0 Å². The van der Waals surface area contributed by atoms with Crippen LogP contribution in [0.5, 0.6) is 11.5 Å². The van der Waals surface area contributed by atoms with Gasteiger partial charge in [0.15, 0.2) is 11.6 Å². The Labute approximate surface area is 156 Å². The van der Waals surface area contributed by atoms with Crippen LogP contribution >= 0.6 is 0 Å². The first-order chi connectivity index (χ1) is 12.4. The van der Waals surface area contributed by atoms with Crippen LogP contribution < -0.4 is 10.2 Å². The highest BCUT2D eigenvalue weighted by Crippen LogP contribution is 2.27. The second-order valence-corrected chi connectivity index (χ2v) is 6.96. The molecule has 6 nitrogen and oxygen atoms in total. The molecule has 2 rings (SSSR count). The molecule has 1 N–H and O–H groups in total. The minimum atomic E-state index is -1.21. The van der Waals surface area contributed by atoms with Gasteiger partial charge in [0.05, 0.1) is 16.1 Å². The number of rotatable bonds is 7. The summed E-state index contributed by atoms with van der Waals surface area (Å²) in [5.41, 5.74) is -2.31. The van der Waals surface area contributed by atoms with Crippen LogP contribution in [0.25, 0.3) is 0 Å². The van der Waals surface area contributed by atoms with Gasteiger partial charge in [-0.15, -0.1) is 0 Å². The van der Waals surface area contributed by atoms with Crippen molar-refractivity contribution in [2.75, 3.05) is 0 Å². The fraction of sp³-hybridized carbons (Fsp3) is 0.333. The van der Waals surface area contributed by atoms with Crippen LogP contribution in [-0.2, 0) is 4.65 Å². The molecule has 0 heterocycles. The standard InChI is InChI=1S/C18H19BF2NO5/c1-17(2,23)18(3,4)27-19-13-10-12(22(24)25)6-8-15(13)26-16-7-5-11(20)9-14(16)21/h5-10,23H,1-4H3. The topological polar surface area (TPSA) is 81.8 Å². The first-order valence-corrected chi connectivity index (χ1v) is 8.05. The van der Waals surface area contributed by atoms with Gasteiger partial charge in [-0.05, 0) is 51.4 Å². The fourth-order valence-corrected chi connectivity index (χ4v) is 1.87. The van der Waals surface area contributed by atoms with Crippen molar-refractivity contribution >= 4 is 18.6 Å². The van der Waals surface area contributed by atoms with Gasteiger partial charge >= 0.3 is 7.48 Å². The summed E-state index contributed by atoms with van der Waals surface area (Å²) in [5, 5.41) is 21.2. The fourth-order valence-electron chi connectivity index (χ4n) is 1.87. The van der Waals surface area contributed by atoms with E-state index in [1.54, 1.807) is 27.7 Å². The van der Waals surface area contributed by atoms with Crippen molar-refractivity contribution in [3.8, 4) is 11.5 Å². The number of nitrogens with zero attached hydrogens (tertiary/aromatic N) is 1. The first-order valence-electron chi connectivity index (χ1n) is 8.05. The van der Waals surface area contributed by atoms with E-state index in [0.717, 1.165) is 12.1 Å². The van der Waals surface area contributed by atoms with E-state index in [1.165, 1.54) is 25.7 Å². The molecule has 0 aliphatic carbocycles. The molecular formula is C18H19BF2NO5. The summed E-state index contributed by atoms with van der Waals surface area (Å²) in [6.45, 7) is 6.39. The minimum absolute atomic E-state index is 0.0673. The number of aliphatic hydroxyl groups is 1. The van der Waals surface area contributed by atoms with Gasteiger partial charge in [0.25, 0.3) is 5.69 Å². The molecule has 0 aromatic heterocycles. The molecule has 2 aromatic rings. The van der Waals surface area contributed by atoms with Crippen molar-refractivity contribution < 1.29 is 28.2 Å². The van der Waals surface area contributed by atoms with Gasteiger partial charge in [-0.3, -0.25) is 10.1 Å². The zero-order valence-corrected chi connectivity index (χ0v) is 15.3. The molecule has 1 radical (unpaired) electrons. The maximum atomic E-state index is 13.9. The molecular weight excluding hydrogens is 359 g/mol. The van der Waals surface area contributed by atoms with Crippen molar-refractivity contribution in [3.63, 3.8) is 0 Å². The number of ether oxygens (including phenoxy) is 1. The molecule has 0 fully saturated rings. The van der Waals surface area contributed by atoms with Crippen LogP contribution in [0.15, 0.2) is 36.4 Å². The van der Waals surface area contributed by atoms with Crippen molar-refractivity contribution in [2.24, 2.45) is 0 Å². The number of nitro benzene ring substituents is 1. The third-order valence-corrected chi connectivity index (χ3v) is 4.27. The SMILES string of the molecule is CC(C)(O)C(C)(C)O[B]c1cc([N+](=O)[O-])ccc1Oc1ccc(F)cc1F. The Hall–Kier alpha value is -2.52. The summed E-state index contributed by atoms with van der Waals surface area (Å²) in [5.74, 6) is -1.86. The normalized spacial score (nSPS) is 12.0. The van der Waals surface area contributed by atoms with E-state index in [0.29, 0.717) is 6.07 Å². The van der Waals surface area contributed by atoms with Crippen LogP contribution in [0, 0.1) is 21.7 Å². The van der Waals surface area contributed by atoms with Crippen LogP contribution in [0.2, 0.25) is 0 Å². The Morgan fingerprint density at radius 2 is 1.70 bits per heavy atom. The predicted molar refractivity (Wildman–Crippen MR) is 96.4 cm³/mol. The van der Waals surface area contributed by atoms with Crippen LogP contribution in [0.3, 0.4) is 0 Å². The van der Waals surface area contributed by atoms with Crippen LogP contribution in [0.1, 0.15) is 27.7 Å². The lowest BCUT2D eigenvalue weighted by molar-refractivity contribution is -0.384. The molecule has 27 heavy (non-hydrogen) atoms. The largest absolute Gasteiger partial charge is 0.455 e. The zero-order valence-electron chi connectivity index (χ0n) is 15.3. The smallest absolute Gasteiger partial charge is 0.335 e. The number of hydrogen-bond acceptors (Lipinski definition) is 5. The Morgan fingerprint density at radius 3 is 2.26 bits per heavy atom. The van der Waals surface area contributed by atoms with Gasteiger partial charge in [0.1, 0.15) is 11.6 Å². The average Bonchev–Trinajstić information content (AvgIpc) is 2.55. The summed E-state index contributed by atoms with van der Waals surface area (Å²) in [6.07, 6.45) is 0. The molecule has 0 saturated heterocycles. The van der Waals surface area contributed by atoms with Crippen LogP contribution in [-0.4, -0.2) is 28.7 Å². The second-order valence-electron chi connectivity index (χ2n) is 6.96. The van der Waals surface area contributed by atoms with Gasteiger partial charge in [0, 0.05) is 18.2 Å². The molecule has 0 saturated carbocycles. The second kappa shape index (κ2) is 7.62. The molecule has 2 aromatic carbocycles. The zero-order chi connectivity index (χ0) is 20.4. The molecule has 0 aliphatic rings. The molecule has 0 spiro atoms. The number of non-ortho nitro benzene ring substituents is 1. The summed E-state index contributed by atoms with van der Waals surface area (Å²) >= 11 is 0. The van der Waals surface area contributed by atoms with E-state index in [2.05, 4.69) is 0 Å². The Balaban J connectivity index is 2.35. The Morgan fingerprint density at radius 1 is 1.07 bits per heavy atom. The van der Waals surface area contributed by atoms with E-state index in [-0.39, 0.29) is 22.6 Å². The van der Waals surface area contributed by atoms with Gasteiger partial charge in [-0.25, -0.2) is 8.78 Å². The Kier molecular flexibility index (Phi) is 5.86. The number of halogens is 2. The van der Waals surface area contributed by atoms with E-state index in [9.17, 15) is 24.0 Å². The molecule has 0 unspecified atom stereocenters. The summed E-state index contributed by atoms with van der Waals surface area (Å²) < 4.78 is 38.0. The maximum absolute atomic E-state index is 13.9. The monoisotopic (exact) mass is 378 g/mol. The minimum Gasteiger partial charge on any atom is -0.455 e. The van der Waals surface area contributed by atoms with E-state index < -0.39 is 27.8 Å². The third kappa shape index (κ3) is 5.02. The number of hydrogen-bond donors (Lipinski definition) is 1. The predicted octanol–water partition coefficient (Wildman–Crippen LogP) is 3.48. The van der Waals surface area contributed by atoms with E-state index >= 15 is 0 Å². The summed E-state index contributed by atoms with van der Waals surface area (Å²) in [7, 11) is 1.20. The lowest BCUT2D eigenvalue weighted by atomic mass is 9.82. The third-order valence-electron chi connectivity index (χ3n) is 4.27. The Bertz CT molecular complexity index is 852. The highest BCUT2D eigenvalue weighted by atomic mass is 19.1.